The molecule has 5 aromatic rings. The maximum atomic E-state index is 14.9. The largest absolute Gasteiger partial charge is 0.373 e. The smallest absolute Gasteiger partial charge is 0.166 e. The average Bonchev–Trinajstić information content (AvgIpc) is 3.47. The zero-order chi connectivity index (χ0) is 26.8. The maximum absolute atomic E-state index is 14.9. The molecule has 12 heteroatoms. The van der Waals surface area contributed by atoms with Crippen molar-refractivity contribution in [3.8, 4) is 12.1 Å². The van der Waals surface area contributed by atoms with Crippen molar-refractivity contribution in [1.82, 2.24) is 20.4 Å². The Morgan fingerprint density at radius 2 is 1.74 bits per heavy atom. The van der Waals surface area contributed by atoms with Gasteiger partial charge in [0, 0.05) is 17.3 Å². The van der Waals surface area contributed by atoms with Crippen LogP contribution in [0.15, 0.2) is 60.9 Å². The normalized spacial score (nSPS) is 11.5. The molecule has 5 rings (SSSR count). The third-order valence-electron chi connectivity index (χ3n) is 5.75. The number of hydrogen-bond acceptors (Lipinski definition) is 7. The van der Waals surface area contributed by atoms with Crippen LogP contribution < -0.4 is 10.6 Å². The first-order chi connectivity index (χ1) is 18.4. The van der Waals surface area contributed by atoms with Crippen LogP contribution in [0, 0.1) is 28.5 Å². The van der Waals surface area contributed by atoms with Crippen molar-refractivity contribution in [3.05, 3.63) is 104 Å². The number of aromatic nitrogens is 4. The van der Waals surface area contributed by atoms with Gasteiger partial charge in [-0.15, -0.1) is 0 Å². The van der Waals surface area contributed by atoms with E-state index >= 15 is 0 Å². The van der Waals surface area contributed by atoms with Gasteiger partial charge in [-0.2, -0.15) is 25.9 Å². The summed E-state index contributed by atoms with van der Waals surface area (Å²) < 4.78 is 14.9. The molecule has 3 N–H and O–H groups in total. The van der Waals surface area contributed by atoms with Crippen molar-refractivity contribution < 1.29 is 4.39 Å². The fraction of sp³-hybridized carbons (Fsp3) is 0.0385. The van der Waals surface area contributed by atoms with Gasteiger partial charge in [0.15, 0.2) is 5.82 Å². The Balaban J connectivity index is 1.62. The van der Waals surface area contributed by atoms with Gasteiger partial charge in [0.25, 0.3) is 0 Å². The highest BCUT2D eigenvalue weighted by molar-refractivity contribution is 6.42. The molecule has 8 nitrogen and oxygen atoms in total. The summed E-state index contributed by atoms with van der Waals surface area (Å²) in [5.74, 6) is -0.764. The van der Waals surface area contributed by atoms with Gasteiger partial charge < -0.3 is 10.6 Å². The minimum absolute atomic E-state index is 0.0240. The number of aromatic amines is 1. The van der Waals surface area contributed by atoms with Crippen LogP contribution in [0.1, 0.15) is 28.4 Å². The molecule has 3 aromatic carbocycles. The van der Waals surface area contributed by atoms with E-state index in [9.17, 15) is 9.65 Å². The van der Waals surface area contributed by atoms with Crippen molar-refractivity contribution >= 4 is 62.8 Å². The molecule has 0 aliphatic carbocycles. The standard InChI is InChI=1S/C26H14Cl3FN8/c27-18-5-6-20(23(30)22(18)29)36-24-15(10-32)11-33-26-17(24)7-16(8-19(26)28)35-25(21-12-34-38-37-21)14-3-1-13(9-31)2-4-14/h1-8,11-12,25,35H,(H,33,36)(H,34,37,38). The molecular weight excluding hydrogens is 550 g/mol. The SMILES string of the molecule is N#Cc1ccc(C(Nc2cc(Cl)c3ncc(C#N)c(Nc4ccc(Cl)c(Cl)c4F)c3c2)c2cn[nH]n2)cc1. The Hall–Kier alpha value is -4.41. The molecule has 0 aliphatic rings. The first kappa shape index (κ1) is 25.2. The van der Waals surface area contributed by atoms with E-state index in [0.29, 0.717) is 32.9 Å². The fourth-order valence-corrected chi connectivity index (χ4v) is 4.49. The third-order valence-corrected chi connectivity index (χ3v) is 6.82. The number of anilines is 3. The maximum Gasteiger partial charge on any atom is 0.166 e. The van der Waals surface area contributed by atoms with Gasteiger partial charge in [0.2, 0.25) is 0 Å². The van der Waals surface area contributed by atoms with Crippen molar-refractivity contribution in [2.24, 2.45) is 0 Å². The molecular formula is C26H14Cl3FN8. The number of nitrogens with zero attached hydrogens (tertiary/aromatic N) is 5. The summed E-state index contributed by atoms with van der Waals surface area (Å²) in [6.45, 7) is 0. The first-order valence-electron chi connectivity index (χ1n) is 10.9. The van der Waals surface area contributed by atoms with Crippen molar-refractivity contribution in [3.63, 3.8) is 0 Å². The number of nitriles is 2. The number of nitrogens with one attached hydrogen (secondary N) is 3. The van der Waals surface area contributed by atoms with E-state index in [1.165, 1.54) is 18.3 Å². The Morgan fingerprint density at radius 1 is 0.947 bits per heavy atom. The molecule has 0 aliphatic heterocycles. The Labute approximate surface area is 230 Å². The molecule has 1 unspecified atom stereocenters. The highest BCUT2D eigenvalue weighted by atomic mass is 35.5. The van der Waals surface area contributed by atoms with Crippen LogP contribution in [0.5, 0.6) is 0 Å². The van der Waals surface area contributed by atoms with E-state index in [-0.39, 0.29) is 27.0 Å². The van der Waals surface area contributed by atoms with Gasteiger partial charge in [0.1, 0.15) is 11.8 Å². The summed E-state index contributed by atoms with van der Waals surface area (Å²) >= 11 is 18.5. The van der Waals surface area contributed by atoms with E-state index in [4.69, 9.17) is 40.1 Å². The van der Waals surface area contributed by atoms with Gasteiger partial charge in [0.05, 0.1) is 61.4 Å². The number of H-pyrrole nitrogens is 1. The summed E-state index contributed by atoms with van der Waals surface area (Å²) in [4.78, 5) is 4.33. The quantitative estimate of drug-likeness (QED) is 0.187. The molecule has 0 radical (unpaired) electrons. The second-order valence-electron chi connectivity index (χ2n) is 8.07. The first-order valence-corrected chi connectivity index (χ1v) is 12.1. The van der Waals surface area contributed by atoms with Crippen LogP contribution in [0.2, 0.25) is 15.1 Å². The molecule has 0 bridgehead atoms. The number of benzene rings is 3. The van der Waals surface area contributed by atoms with E-state index in [2.05, 4.69) is 43.2 Å². The predicted molar refractivity (Wildman–Crippen MR) is 144 cm³/mol. The minimum Gasteiger partial charge on any atom is -0.373 e. The third kappa shape index (κ3) is 4.79. The number of fused-ring (bicyclic) bond motifs is 1. The van der Waals surface area contributed by atoms with Gasteiger partial charge in [-0.1, -0.05) is 46.9 Å². The Kier molecular flexibility index (Phi) is 6.99. The van der Waals surface area contributed by atoms with Gasteiger partial charge >= 0.3 is 0 Å². The lowest BCUT2D eigenvalue weighted by molar-refractivity contribution is 0.632. The molecule has 0 amide bonds. The van der Waals surface area contributed by atoms with E-state index in [1.54, 1.807) is 30.5 Å². The summed E-state index contributed by atoms with van der Waals surface area (Å²) in [5, 5.41) is 36.6. The molecule has 38 heavy (non-hydrogen) atoms. The zero-order valence-electron chi connectivity index (χ0n) is 19.1. The van der Waals surface area contributed by atoms with Gasteiger partial charge in [-0.05, 0) is 42.0 Å². The second-order valence-corrected chi connectivity index (χ2v) is 9.26. The predicted octanol–water partition coefficient (Wildman–Crippen LogP) is 7.14. The van der Waals surface area contributed by atoms with Crippen LogP contribution in [0.4, 0.5) is 21.5 Å². The highest BCUT2D eigenvalue weighted by Gasteiger charge is 2.20. The van der Waals surface area contributed by atoms with Crippen molar-refractivity contribution in [2.45, 2.75) is 6.04 Å². The average molecular weight is 564 g/mol. The number of hydrogen-bond donors (Lipinski definition) is 3. The number of pyridine rings is 1. The van der Waals surface area contributed by atoms with Gasteiger partial charge in [-0.25, -0.2) is 4.39 Å². The Bertz CT molecular complexity index is 1740. The number of rotatable bonds is 6. The van der Waals surface area contributed by atoms with Crippen LogP contribution in [-0.4, -0.2) is 20.4 Å². The Morgan fingerprint density at radius 3 is 2.42 bits per heavy atom. The second kappa shape index (κ2) is 10.5. The van der Waals surface area contributed by atoms with E-state index in [0.717, 1.165) is 5.56 Å². The van der Waals surface area contributed by atoms with E-state index in [1.807, 2.05) is 12.1 Å². The summed E-state index contributed by atoms with van der Waals surface area (Å²) in [6, 6.07) is 17.0. The van der Waals surface area contributed by atoms with Gasteiger partial charge in [-0.3, -0.25) is 4.98 Å². The van der Waals surface area contributed by atoms with Crippen LogP contribution in [-0.2, 0) is 0 Å². The lowest BCUT2D eigenvalue weighted by Crippen LogP contribution is -2.13. The molecule has 0 fully saturated rings. The van der Waals surface area contributed by atoms with Crippen molar-refractivity contribution in [2.75, 3.05) is 10.6 Å². The van der Waals surface area contributed by atoms with E-state index < -0.39 is 11.9 Å². The topological polar surface area (TPSA) is 126 Å². The molecule has 0 spiro atoms. The molecule has 0 saturated carbocycles. The summed E-state index contributed by atoms with van der Waals surface area (Å²) in [5.41, 5.74) is 3.36. The summed E-state index contributed by atoms with van der Waals surface area (Å²) in [6.07, 6.45) is 2.93. The summed E-state index contributed by atoms with van der Waals surface area (Å²) in [7, 11) is 0. The lowest BCUT2D eigenvalue weighted by Gasteiger charge is -2.20. The molecule has 0 saturated heterocycles. The minimum atomic E-state index is -0.764. The van der Waals surface area contributed by atoms with Crippen molar-refractivity contribution in [1.29, 1.82) is 10.5 Å². The van der Waals surface area contributed by atoms with Crippen LogP contribution in [0.25, 0.3) is 10.9 Å². The zero-order valence-corrected chi connectivity index (χ0v) is 21.4. The number of halogens is 4. The molecule has 2 aromatic heterocycles. The molecule has 1 atom stereocenters. The fourth-order valence-electron chi connectivity index (χ4n) is 3.91. The monoisotopic (exact) mass is 562 g/mol. The highest BCUT2D eigenvalue weighted by Crippen LogP contribution is 2.38. The van der Waals surface area contributed by atoms with Crippen LogP contribution in [0.3, 0.4) is 0 Å². The lowest BCUT2D eigenvalue weighted by atomic mass is 10.0. The van der Waals surface area contributed by atoms with Crippen LogP contribution >= 0.6 is 34.8 Å². The molecule has 2 heterocycles. The molecule has 186 valence electrons.